The van der Waals surface area contributed by atoms with Gasteiger partial charge in [-0.25, -0.2) is 0 Å². The van der Waals surface area contributed by atoms with Crippen LogP contribution in [0, 0.1) is 0 Å². The summed E-state index contributed by atoms with van der Waals surface area (Å²) in [5, 5.41) is 2.90. The first-order valence-electron chi connectivity index (χ1n) is 12.0. The number of benzene rings is 3. The van der Waals surface area contributed by atoms with Crippen molar-refractivity contribution >= 4 is 11.8 Å². The molecule has 2 amide bonds. The van der Waals surface area contributed by atoms with Crippen molar-refractivity contribution in [2.75, 3.05) is 41.6 Å². The van der Waals surface area contributed by atoms with Crippen LogP contribution in [-0.4, -0.2) is 58.3 Å². The van der Waals surface area contributed by atoms with Crippen LogP contribution in [0.2, 0.25) is 0 Å². The molecule has 37 heavy (non-hydrogen) atoms. The number of amides is 2. The third-order valence-electron chi connectivity index (χ3n) is 5.92. The number of hydrogen-bond donors (Lipinski definition) is 1. The van der Waals surface area contributed by atoms with Crippen LogP contribution >= 0.6 is 0 Å². The number of carbonyl (C=O) groups is 2. The summed E-state index contributed by atoms with van der Waals surface area (Å²) in [5.74, 6) is 1.33. The fraction of sp³-hybridized carbons (Fsp3) is 0.310. The van der Waals surface area contributed by atoms with E-state index in [0.29, 0.717) is 36.0 Å². The highest BCUT2D eigenvalue weighted by molar-refractivity contribution is 5.89. The average Bonchev–Trinajstić information content (AvgIpc) is 2.93. The Morgan fingerprint density at radius 3 is 2.11 bits per heavy atom. The van der Waals surface area contributed by atoms with Crippen LogP contribution in [-0.2, 0) is 27.3 Å². The minimum atomic E-state index is -0.840. The molecular formula is C29H34N2O6. The molecule has 0 saturated heterocycles. The summed E-state index contributed by atoms with van der Waals surface area (Å²) in [5.41, 5.74) is 2.33. The van der Waals surface area contributed by atoms with E-state index in [9.17, 15) is 9.59 Å². The molecule has 3 rings (SSSR count). The van der Waals surface area contributed by atoms with Gasteiger partial charge in [-0.15, -0.1) is 0 Å². The lowest BCUT2D eigenvalue weighted by Gasteiger charge is -2.32. The minimum absolute atomic E-state index is 0.0746. The van der Waals surface area contributed by atoms with Gasteiger partial charge in [0.05, 0.1) is 34.4 Å². The van der Waals surface area contributed by atoms with Crippen LogP contribution in [0.15, 0.2) is 72.8 Å². The molecule has 8 heteroatoms. The molecule has 196 valence electrons. The molecule has 0 aliphatic carbocycles. The topological polar surface area (TPSA) is 86.3 Å². The Bertz CT molecular complexity index is 1150. The molecule has 0 aliphatic rings. The molecule has 0 aromatic heterocycles. The minimum Gasteiger partial charge on any atom is -0.497 e. The first-order chi connectivity index (χ1) is 18.0. The Balaban J connectivity index is 1.99. The first kappa shape index (κ1) is 27.5. The predicted molar refractivity (Wildman–Crippen MR) is 141 cm³/mol. The Labute approximate surface area is 218 Å². The molecule has 0 fully saturated rings. The van der Waals surface area contributed by atoms with Crippen LogP contribution in [0.5, 0.6) is 17.2 Å². The van der Waals surface area contributed by atoms with Gasteiger partial charge in [0, 0.05) is 20.2 Å². The normalized spacial score (nSPS) is 11.4. The van der Waals surface area contributed by atoms with E-state index in [2.05, 4.69) is 5.32 Å². The highest BCUT2D eigenvalue weighted by atomic mass is 16.5. The van der Waals surface area contributed by atoms with Gasteiger partial charge >= 0.3 is 0 Å². The summed E-state index contributed by atoms with van der Waals surface area (Å²) in [6, 6.07) is 21.3. The van der Waals surface area contributed by atoms with E-state index in [1.54, 1.807) is 45.5 Å². The van der Waals surface area contributed by atoms with Gasteiger partial charge in [-0.1, -0.05) is 48.5 Å². The highest BCUT2D eigenvalue weighted by Gasteiger charge is 2.31. The molecule has 1 atom stereocenters. The highest BCUT2D eigenvalue weighted by Crippen LogP contribution is 2.29. The maximum Gasteiger partial charge on any atom is 0.247 e. The Morgan fingerprint density at radius 2 is 1.49 bits per heavy atom. The molecular weight excluding hydrogens is 472 g/mol. The van der Waals surface area contributed by atoms with E-state index in [-0.39, 0.29) is 24.8 Å². The Kier molecular flexibility index (Phi) is 10.3. The SMILES string of the molecule is COCCNC(=O)[C@H](c1ccccc1)N(Cc1ccc(OC)cc1)C(=O)Cc1ccc(OC)c(OC)c1. The van der Waals surface area contributed by atoms with Crippen molar-refractivity contribution in [3.8, 4) is 17.2 Å². The van der Waals surface area contributed by atoms with Crippen LogP contribution in [0.1, 0.15) is 22.7 Å². The number of hydrogen-bond acceptors (Lipinski definition) is 6. The number of nitrogens with zero attached hydrogens (tertiary/aromatic N) is 1. The van der Waals surface area contributed by atoms with Gasteiger partial charge in [0.1, 0.15) is 11.8 Å². The fourth-order valence-corrected chi connectivity index (χ4v) is 4.00. The van der Waals surface area contributed by atoms with E-state index < -0.39 is 6.04 Å². The van der Waals surface area contributed by atoms with Crippen LogP contribution in [0.3, 0.4) is 0 Å². The lowest BCUT2D eigenvalue weighted by molar-refractivity contribution is -0.141. The predicted octanol–water partition coefficient (Wildman–Crippen LogP) is 3.79. The zero-order valence-electron chi connectivity index (χ0n) is 21.7. The molecule has 0 radical (unpaired) electrons. The molecule has 3 aromatic carbocycles. The van der Waals surface area contributed by atoms with Crippen molar-refractivity contribution in [3.05, 3.63) is 89.5 Å². The molecule has 0 heterocycles. The lowest BCUT2D eigenvalue weighted by Crippen LogP contribution is -2.44. The standard InChI is InChI=1S/C29H34N2O6/c1-34-17-16-30-29(33)28(23-8-6-5-7-9-23)31(20-21-10-13-24(35-2)14-11-21)27(32)19-22-12-15-25(36-3)26(18-22)37-4/h5-15,18,28H,16-17,19-20H2,1-4H3,(H,30,33)/t28-/m0/s1. The Morgan fingerprint density at radius 1 is 0.811 bits per heavy atom. The van der Waals surface area contributed by atoms with Gasteiger partial charge in [0.25, 0.3) is 0 Å². The summed E-state index contributed by atoms with van der Waals surface area (Å²) in [6.45, 7) is 0.928. The number of carbonyl (C=O) groups excluding carboxylic acids is 2. The summed E-state index contributed by atoms with van der Waals surface area (Å²) in [4.78, 5) is 28.9. The van der Waals surface area contributed by atoms with E-state index in [0.717, 1.165) is 11.1 Å². The van der Waals surface area contributed by atoms with Gasteiger partial charge < -0.3 is 29.2 Å². The number of nitrogens with one attached hydrogen (secondary N) is 1. The summed E-state index contributed by atoms with van der Waals surface area (Å²) < 4.78 is 21.1. The Hall–Kier alpha value is -4.04. The maximum atomic E-state index is 13.9. The number of methoxy groups -OCH3 is 4. The van der Waals surface area contributed by atoms with Crippen molar-refractivity contribution < 1.29 is 28.5 Å². The monoisotopic (exact) mass is 506 g/mol. The third-order valence-corrected chi connectivity index (χ3v) is 5.92. The van der Waals surface area contributed by atoms with Crippen LogP contribution < -0.4 is 19.5 Å². The van der Waals surface area contributed by atoms with Crippen LogP contribution in [0.25, 0.3) is 0 Å². The van der Waals surface area contributed by atoms with E-state index in [1.165, 1.54) is 0 Å². The third kappa shape index (κ3) is 7.47. The molecule has 0 saturated carbocycles. The molecule has 1 N–H and O–H groups in total. The second-order valence-corrected chi connectivity index (χ2v) is 8.33. The van der Waals surface area contributed by atoms with E-state index in [1.807, 2.05) is 60.7 Å². The van der Waals surface area contributed by atoms with Crippen molar-refractivity contribution in [1.29, 1.82) is 0 Å². The molecule has 0 aliphatic heterocycles. The zero-order chi connectivity index (χ0) is 26.6. The fourth-order valence-electron chi connectivity index (χ4n) is 4.00. The maximum absolute atomic E-state index is 13.9. The summed E-state index contributed by atoms with van der Waals surface area (Å²) >= 11 is 0. The molecule has 0 spiro atoms. The largest absolute Gasteiger partial charge is 0.497 e. The van der Waals surface area contributed by atoms with Gasteiger partial charge in [-0.05, 0) is 41.0 Å². The molecule has 0 unspecified atom stereocenters. The number of ether oxygens (including phenoxy) is 4. The van der Waals surface area contributed by atoms with E-state index in [4.69, 9.17) is 18.9 Å². The average molecular weight is 507 g/mol. The zero-order valence-corrected chi connectivity index (χ0v) is 21.7. The molecule has 3 aromatic rings. The van der Waals surface area contributed by atoms with Crippen molar-refractivity contribution in [2.45, 2.75) is 19.0 Å². The summed E-state index contributed by atoms with van der Waals surface area (Å²) in [6.07, 6.45) is 0.0746. The van der Waals surface area contributed by atoms with Gasteiger partial charge in [-0.3, -0.25) is 9.59 Å². The van der Waals surface area contributed by atoms with Gasteiger partial charge in [0.2, 0.25) is 11.8 Å². The van der Waals surface area contributed by atoms with Crippen molar-refractivity contribution in [3.63, 3.8) is 0 Å². The quantitative estimate of drug-likeness (QED) is 0.355. The second-order valence-electron chi connectivity index (χ2n) is 8.33. The van der Waals surface area contributed by atoms with E-state index >= 15 is 0 Å². The molecule has 0 bridgehead atoms. The van der Waals surface area contributed by atoms with Crippen LogP contribution in [0.4, 0.5) is 0 Å². The lowest BCUT2D eigenvalue weighted by atomic mass is 10.0. The van der Waals surface area contributed by atoms with Gasteiger partial charge in [-0.2, -0.15) is 0 Å². The van der Waals surface area contributed by atoms with Gasteiger partial charge in [0.15, 0.2) is 11.5 Å². The first-order valence-corrected chi connectivity index (χ1v) is 12.0. The smallest absolute Gasteiger partial charge is 0.247 e. The number of rotatable bonds is 13. The van der Waals surface area contributed by atoms with Crippen molar-refractivity contribution in [1.82, 2.24) is 10.2 Å². The van der Waals surface area contributed by atoms with Crippen molar-refractivity contribution in [2.24, 2.45) is 0 Å². The summed E-state index contributed by atoms with van der Waals surface area (Å²) in [7, 11) is 6.29. The molecule has 8 nitrogen and oxygen atoms in total. The second kappa shape index (κ2) is 13.9.